The molecule has 3 rings (SSSR count). The number of hydrogen-bond donors (Lipinski definition) is 2. The standard InChI is InChI=1S/C21H19N3OS/c26-21(23-19-12-5-2-6-13-19)24-22-15-18-11-7-8-14-20(18)25-16-17-9-3-1-4-10-17/h1-15H,16H2,(H2,23,24,26). The van der Waals surface area contributed by atoms with Gasteiger partial charge in [-0.15, -0.1) is 0 Å². The lowest BCUT2D eigenvalue weighted by Crippen LogP contribution is -2.23. The van der Waals surface area contributed by atoms with Gasteiger partial charge >= 0.3 is 0 Å². The highest BCUT2D eigenvalue weighted by Gasteiger charge is 2.01. The van der Waals surface area contributed by atoms with Crippen molar-refractivity contribution >= 4 is 29.2 Å². The second-order valence-corrected chi connectivity index (χ2v) is 5.91. The summed E-state index contributed by atoms with van der Waals surface area (Å²) in [6, 6.07) is 27.5. The molecule has 0 unspecified atom stereocenters. The number of hydrazone groups is 1. The molecule has 0 radical (unpaired) electrons. The summed E-state index contributed by atoms with van der Waals surface area (Å²) < 4.78 is 5.91. The van der Waals surface area contributed by atoms with Gasteiger partial charge in [0, 0.05) is 11.3 Å². The molecule has 2 N–H and O–H groups in total. The van der Waals surface area contributed by atoms with Crippen molar-refractivity contribution in [3.8, 4) is 5.75 Å². The molecule has 0 aliphatic heterocycles. The van der Waals surface area contributed by atoms with Crippen LogP contribution in [0.3, 0.4) is 0 Å². The second-order valence-electron chi connectivity index (χ2n) is 5.50. The zero-order chi connectivity index (χ0) is 18.0. The Morgan fingerprint density at radius 3 is 2.31 bits per heavy atom. The van der Waals surface area contributed by atoms with Crippen LogP contribution in [0.25, 0.3) is 0 Å². The van der Waals surface area contributed by atoms with Crippen molar-refractivity contribution in [3.05, 3.63) is 96.1 Å². The largest absolute Gasteiger partial charge is 0.488 e. The fraction of sp³-hybridized carbons (Fsp3) is 0.0476. The summed E-state index contributed by atoms with van der Waals surface area (Å²) in [4.78, 5) is 0. The quantitative estimate of drug-likeness (QED) is 0.383. The van der Waals surface area contributed by atoms with E-state index >= 15 is 0 Å². The van der Waals surface area contributed by atoms with Crippen LogP contribution in [0.1, 0.15) is 11.1 Å². The highest BCUT2D eigenvalue weighted by molar-refractivity contribution is 7.80. The molecule has 0 heterocycles. The van der Waals surface area contributed by atoms with E-state index in [1.54, 1.807) is 6.21 Å². The van der Waals surface area contributed by atoms with Crippen molar-refractivity contribution < 1.29 is 4.74 Å². The summed E-state index contributed by atoms with van der Waals surface area (Å²) in [5, 5.41) is 7.69. The lowest BCUT2D eigenvalue weighted by molar-refractivity contribution is 0.306. The topological polar surface area (TPSA) is 45.7 Å². The van der Waals surface area contributed by atoms with Crippen LogP contribution in [0, 0.1) is 0 Å². The number of para-hydroxylation sites is 2. The Labute approximate surface area is 158 Å². The van der Waals surface area contributed by atoms with Gasteiger partial charge in [0.25, 0.3) is 0 Å². The van der Waals surface area contributed by atoms with E-state index in [1.165, 1.54) is 0 Å². The third-order valence-corrected chi connectivity index (χ3v) is 3.75. The van der Waals surface area contributed by atoms with E-state index in [2.05, 4.69) is 15.8 Å². The van der Waals surface area contributed by atoms with Crippen molar-refractivity contribution in [2.24, 2.45) is 5.10 Å². The molecular weight excluding hydrogens is 342 g/mol. The minimum absolute atomic E-state index is 0.426. The molecule has 0 aliphatic carbocycles. The van der Waals surface area contributed by atoms with E-state index in [0.717, 1.165) is 22.6 Å². The van der Waals surface area contributed by atoms with Crippen molar-refractivity contribution in [1.82, 2.24) is 5.43 Å². The molecule has 0 aromatic heterocycles. The highest BCUT2D eigenvalue weighted by Crippen LogP contribution is 2.17. The predicted octanol–water partition coefficient (Wildman–Crippen LogP) is 4.59. The molecule has 5 heteroatoms. The summed E-state index contributed by atoms with van der Waals surface area (Å²) in [5.41, 5.74) is 5.71. The predicted molar refractivity (Wildman–Crippen MR) is 111 cm³/mol. The number of rotatable bonds is 6. The van der Waals surface area contributed by atoms with E-state index in [-0.39, 0.29) is 0 Å². The van der Waals surface area contributed by atoms with Gasteiger partial charge in [-0.25, -0.2) is 0 Å². The van der Waals surface area contributed by atoms with Crippen LogP contribution in [0.2, 0.25) is 0 Å². The highest BCUT2D eigenvalue weighted by atomic mass is 32.1. The van der Waals surface area contributed by atoms with Gasteiger partial charge in [0.15, 0.2) is 5.11 Å². The van der Waals surface area contributed by atoms with Gasteiger partial charge in [0.05, 0.1) is 6.21 Å². The van der Waals surface area contributed by atoms with Crippen LogP contribution >= 0.6 is 12.2 Å². The van der Waals surface area contributed by atoms with Crippen LogP contribution in [-0.2, 0) is 6.61 Å². The van der Waals surface area contributed by atoms with Gasteiger partial charge < -0.3 is 10.1 Å². The fourth-order valence-electron chi connectivity index (χ4n) is 2.29. The Morgan fingerprint density at radius 1 is 0.885 bits per heavy atom. The maximum Gasteiger partial charge on any atom is 0.191 e. The zero-order valence-electron chi connectivity index (χ0n) is 14.1. The van der Waals surface area contributed by atoms with E-state index in [0.29, 0.717) is 11.7 Å². The number of anilines is 1. The molecule has 4 nitrogen and oxygen atoms in total. The van der Waals surface area contributed by atoms with Crippen molar-refractivity contribution in [2.75, 3.05) is 5.32 Å². The van der Waals surface area contributed by atoms with Crippen LogP contribution < -0.4 is 15.5 Å². The van der Waals surface area contributed by atoms with Crippen LogP contribution in [0.15, 0.2) is 90.0 Å². The maximum atomic E-state index is 5.91. The van der Waals surface area contributed by atoms with E-state index in [1.807, 2.05) is 84.9 Å². The minimum Gasteiger partial charge on any atom is -0.488 e. The molecule has 0 fully saturated rings. The molecular formula is C21H19N3OS. The third-order valence-electron chi connectivity index (χ3n) is 3.56. The molecule has 0 aliphatic rings. The Bertz CT molecular complexity index is 867. The number of nitrogens with zero attached hydrogens (tertiary/aromatic N) is 1. The van der Waals surface area contributed by atoms with Gasteiger partial charge in [0.1, 0.15) is 12.4 Å². The summed E-state index contributed by atoms with van der Waals surface area (Å²) in [6.45, 7) is 0.507. The summed E-state index contributed by atoms with van der Waals surface area (Å²) in [6.07, 6.45) is 1.69. The van der Waals surface area contributed by atoms with Crippen LogP contribution in [-0.4, -0.2) is 11.3 Å². The molecule has 3 aromatic carbocycles. The first-order valence-corrected chi connectivity index (χ1v) is 8.63. The summed E-state index contributed by atoms with van der Waals surface area (Å²) >= 11 is 5.23. The monoisotopic (exact) mass is 361 g/mol. The van der Waals surface area contributed by atoms with E-state index in [4.69, 9.17) is 17.0 Å². The lowest BCUT2D eigenvalue weighted by Gasteiger charge is -2.09. The number of nitrogens with one attached hydrogen (secondary N) is 2. The normalized spacial score (nSPS) is 10.5. The smallest absolute Gasteiger partial charge is 0.191 e. The van der Waals surface area contributed by atoms with Gasteiger partial charge in [-0.3, -0.25) is 5.43 Å². The zero-order valence-corrected chi connectivity index (χ0v) is 14.9. The van der Waals surface area contributed by atoms with Gasteiger partial charge in [-0.05, 0) is 42.0 Å². The summed E-state index contributed by atoms with van der Waals surface area (Å²) in [5.74, 6) is 0.767. The van der Waals surface area contributed by atoms with Crippen LogP contribution in [0.4, 0.5) is 5.69 Å². The van der Waals surface area contributed by atoms with Crippen molar-refractivity contribution in [1.29, 1.82) is 0 Å². The van der Waals surface area contributed by atoms with E-state index in [9.17, 15) is 0 Å². The molecule has 26 heavy (non-hydrogen) atoms. The van der Waals surface area contributed by atoms with E-state index < -0.39 is 0 Å². The minimum atomic E-state index is 0.426. The molecule has 0 saturated carbocycles. The Balaban J connectivity index is 1.57. The molecule has 0 spiro atoms. The first kappa shape index (κ1) is 17.6. The molecule has 0 atom stereocenters. The Hall–Kier alpha value is -3.18. The number of benzene rings is 3. The Kier molecular flexibility index (Phi) is 6.34. The lowest BCUT2D eigenvalue weighted by atomic mass is 10.2. The van der Waals surface area contributed by atoms with Crippen LogP contribution in [0.5, 0.6) is 5.75 Å². The first-order valence-electron chi connectivity index (χ1n) is 8.22. The molecule has 3 aromatic rings. The third kappa shape index (κ3) is 5.43. The Morgan fingerprint density at radius 2 is 1.54 bits per heavy atom. The fourth-order valence-corrected chi connectivity index (χ4v) is 2.47. The summed E-state index contributed by atoms with van der Waals surface area (Å²) in [7, 11) is 0. The average molecular weight is 361 g/mol. The average Bonchev–Trinajstić information content (AvgIpc) is 2.69. The molecule has 0 amide bonds. The number of thiocarbonyl (C=S) groups is 1. The van der Waals surface area contributed by atoms with Gasteiger partial charge in [0.2, 0.25) is 0 Å². The molecule has 0 bridgehead atoms. The van der Waals surface area contributed by atoms with Crippen molar-refractivity contribution in [2.45, 2.75) is 6.61 Å². The second kappa shape index (κ2) is 9.34. The molecule has 0 saturated heterocycles. The maximum absolute atomic E-state index is 5.91. The first-order chi connectivity index (χ1) is 12.8. The van der Waals surface area contributed by atoms with Crippen molar-refractivity contribution in [3.63, 3.8) is 0 Å². The van der Waals surface area contributed by atoms with Gasteiger partial charge in [-0.1, -0.05) is 60.7 Å². The molecule has 130 valence electrons. The SMILES string of the molecule is S=C(NN=Cc1ccccc1OCc1ccccc1)Nc1ccccc1. The van der Waals surface area contributed by atoms with Gasteiger partial charge in [-0.2, -0.15) is 5.10 Å². The number of ether oxygens (including phenoxy) is 1. The number of hydrogen-bond acceptors (Lipinski definition) is 3.